The van der Waals surface area contributed by atoms with Crippen molar-refractivity contribution in [2.45, 2.75) is 45.6 Å². The summed E-state index contributed by atoms with van der Waals surface area (Å²) in [4.78, 5) is 10.4. The van der Waals surface area contributed by atoms with E-state index >= 15 is 0 Å². The van der Waals surface area contributed by atoms with E-state index in [0.29, 0.717) is 18.6 Å². The van der Waals surface area contributed by atoms with Crippen LogP contribution < -0.4 is 0 Å². The Bertz CT molecular complexity index is 245. The summed E-state index contributed by atoms with van der Waals surface area (Å²) < 4.78 is 5.73. The topological polar surface area (TPSA) is 46.5 Å². The second-order valence-corrected chi connectivity index (χ2v) is 4.44. The van der Waals surface area contributed by atoms with Crippen molar-refractivity contribution in [1.29, 1.82) is 0 Å². The Morgan fingerprint density at radius 1 is 1.47 bits per heavy atom. The number of carboxylic acid groups (broad SMARTS) is 1. The van der Waals surface area contributed by atoms with Crippen LogP contribution in [-0.4, -0.2) is 23.8 Å². The Labute approximate surface area is 91.1 Å². The number of carboxylic acids is 1. The lowest BCUT2D eigenvalue weighted by Crippen LogP contribution is -2.26. The van der Waals surface area contributed by atoms with E-state index in [-0.39, 0.29) is 0 Å². The maximum Gasteiger partial charge on any atom is 0.328 e. The van der Waals surface area contributed by atoms with Crippen molar-refractivity contribution in [3.63, 3.8) is 0 Å². The first-order valence-corrected chi connectivity index (χ1v) is 5.61. The van der Waals surface area contributed by atoms with E-state index in [9.17, 15) is 4.79 Å². The largest absolute Gasteiger partial charge is 0.478 e. The van der Waals surface area contributed by atoms with Crippen molar-refractivity contribution in [3.05, 3.63) is 11.6 Å². The van der Waals surface area contributed by atoms with Gasteiger partial charge in [0, 0.05) is 6.08 Å². The molecule has 0 radical (unpaired) electrons. The molecular weight excluding hydrogens is 192 g/mol. The zero-order chi connectivity index (χ0) is 11.3. The van der Waals surface area contributed by atoms with Gasteiger partial charge in [0.1, 0.15) is 0 Å². The van der Waals surface area contributed by atoms with Gasteiger partial charge in [0.15, 0.2) is 0 Å². The van der Waals surface area contributed by atoms with Crippen LogP contribution in [0.4, 0.5) is 0 Å². The first kappa shape index (κ1) is 12.2. The molecule has 1 saturated carbocycles. The molecule has 0 bridgehead atoms. The average molecular weight is 212 g/mol. The number of aliphatic carboxylic acids is 1. The highest BCUT2D eigenvalue weighted by Gasteiger charge is 2.21. The van der Waals surface area contributed by atoms with Crippen LogP contribution >= 0.6 is 0 Å². The molecule has 86 valence electrons. The molecule has 0 spiro atoms. The molecule has 1 aliphatic rings. The molecule has 1 rings (SSSR count). The van der Waals surface area contributed by atoms with E-state index in [1.807, 2.05) is 0 Å². The molecule has 2 unspecified atom stereocenters. The van der Waals surface area contributed by atoms with Crippen molar-refractivity contribution in [2.75, 3.05) is 6.61 Å². The van der Waals surface area contributed by atoms with Crippen LogP contribution in [0.15, 0.2) is 11.6 Å². The van der Waals surface area contributed by atoms with Crippen LogP contribution in [0.2, 0.25) is 0 Å². The van der Waals surface area contributed by atoms with Crippen molar-refractivity contribution in [2.24, 2.45) is 5.92 Å². The highest BCUT2D eigenvalue weighted by molar-refractivity contribution is 5.80. The summed E-state index contributed by atoms with van der Waals surface area (Å²) in [5.74, 6) is -0.288. The third-order valence-corrected chi connectivity index (χ3v) is 2.93. The lowest BCUT2D eigenvalue weighted by Gasteiger charge is -2.28. The van der Waals surface area contributed by atoms with Crippen LogP contribution in [0.25, 0.3) is 0 Å². The third-order valence-electron chi connectivity index (χ3n) is 2.93. The molecule has 1 aliphatic carbocycles. The van der Waals surface area contributed by atoms with Gasteiger partial charge in [-0.1, -0.05) is 19.8 Å². The zero-order valence-corrected chi connectivity index (χ0v) is 9.53. The Balaban J connectivity index is 2.32. The van der Waals surface area contributed by atoms with E-state index in [2.05, 4.69) is 6.92 Å². The van der Waals surface area contributed by atoms with Crippen LogP contribution in [0.3, 0.4) is 0 Å². The van der Waals surface area contributed by atoms with Gasteiger partial charge < -0.3 is 9.84 Å². The minimum absolute atomic E-state index is 0.316. The van der Waals surface area contributed by atoms with E-state index in [4.69, 9.17) is 9.84 Å². The monoisotopic (exact) mass is 212 g/mol. The molecule has 15 heavy (non-hydrogen) atoms. The van der Waals surface area contributed by atoms with E-state index < -0.39 is 5.97 Å². The minimum atomic E-state index is -0.896. The van der Waals surface area contributed by atoms with Gasteiger partial charge in [-0.05, 0) is 31.3 Å². The SMILES string of the molecule is CC(=CC(=O)O)COC1CCCCC1C. The van der Waals surface area contributed by atoms with Crippen molar-refractivity contribution in [3.8, 4) is 0 Å². The molecule has 2 atom stereocenters. The highest BCUT2D eigenvalue weighted by atomic mass is 16.5. The lowest BCUT2D eigenvalue weighted by molar-refractivity contribution is -0.131. The Kier molecular flexibility index (Phi) is 4.82. The summed E-state index contributed by atoms with van der Waals surface area (Å²) >= 11 is 0. The maximum atomic E-state index is 10.4. The second kappa shape index (κ2) is 5.91. The summed E-state index contributed by atoms with van der Waals surface area (Å²) in [5.41, 5.74) is 0.778. The van der Waals surface area contributed by atoms with Gasteiger partial charge in [-0.15, -0.1) is 0 Å². The number of hydrogen-bond acceptors (Lipinski definition) is 2. The van der Waals surface area contributed by atoms with Crippen LogP contribution in [0.5, 0.6) is 0 Å². The van der Waals surface area contributed by atoms with E-state index in [0.717, 1.165) is 12.0 Å². The first-order valence-electron chi connectivity index (χ1n) is 5.61. The number of hydrogen-bond donors (Lipinski definition) is 1. The van der Waals surface area contributed by atoms with Crippen LogP contribution in [0, 0.1) is 5.92 Å². The molecule has 3 heteroatoms. The number of ether oxygens (including phenoxy) is 1. The fraction of sp³-hybridized carbons (Fsp3) is 0.750. The highest BCUT2D eigenvalue weighted by Crippen LogP contribution is 2.26. The normalized spacial score (nSPS) is 27.7. The summed E-state index contributed by atoms with van der Waals surface area (Å²) in [5, 5.41) is 8.54. The fourth-order valence-electron chi connectivity index (χ4n) is 2.02. The van der Waals surface area contributed by atoms with Gasteiger partial charge in [-0.2, -0.15) is 0 Å². The van der Waals surface area contributed by atoms with Gasteiger partial charge in [-0.3, -0.25) is 0 Å². The predicted molar refractivity (Wildman–Crippen MR) is 58.8 cm³/mol. The predicted octanol–water partition coefficient (Wildman–Crippen LogP) is 2.61. The fourth-order valence-corrected chi connectivity index (χ4v) is 2.02. The number of rotatable bonds is 4. The van der Waals surface area contributed by atoms with E-state index in [1.165, 1.54) is 25.3 Å². The molecule has 3 nitrogen and oxygen atoms in total. The second-order valence-electron chi connectivity index (χ2n) is 4.44. The average Bonchev–Trinajstić information content (AvgIpc) is 2.15. The molecule has 0 aromatic carbocycles. The Morgan fingerprint density at radius 2 is 2.13 bits per heavy atom. The quantitative estimate of drug-likeness (QED) is 0.729. The first-order chi connectivity index (χ1) is 7.09. The standard InChI is InChI=1S/C12H20O3/c1-9(7-12(13)14)8-15-11-6-4-3-5-10(11)2/h7,10-11H,3-6,8H2,1-2H3,(H,13,14). The molecule has 1 N–H and O–H groups in total. The van der Waals surface area contributed by atoms with Gasteiger partial charge in [-0.25, -0.2) is 4.79 Å². The van der Waals surface area contributed by atoms with Crippen LogP contribution in [0.1, 0.15) is 39.5 Å². The Hall–Kier alpha value is -0.830. The number of carbonyl (C=O) groups is 1. The molecule has 0 aliphatic heterocycles. The maximum absolute atomic E-state index is 10.4. The molecule has 0 amide bonds. The van der Waals surface area contributed by atoms with Gasteiger partial charge in [0.2, 0.25) is 0 Å². The van der Waals surface area contributed by atoms with Gasteiger partial charge >= 0.3 is 5.97 Å². The summed E-state index contributed by atoms with van der Waals surface area (Å²) in [6, 6.07) is 0. The molecule has 1 fully saturated rings. The van der Waals surface area contributed by atoms with Crippen molar-refractivity contribution in [1.82, 2.24) is 0 Å². The van der Waals surface area contributed by atoms with E-state index in [1.54, 1.807) is 6.92 Å². The van der Waals surface area contributed by atoms with Crippen molar-refractivity contribution >= 4 is 5.97 Å². The lowest BCUT2D eigenvalue weighted by atomic mass is 9.88. The third kappa shape index (κ3) is 4.47. The zero-order valence-electron chi connectivity index (χ0n) is 9.53. The summed E-state index contributed by atoms with van der Waals surface area (Å²) in [7, 11) is 0. The molecule has 0 heterocycles. The Morgan fingerprint density at radius 3 is 2.73 bits per heavy atom. The molecule has 0 aromatic heterocycles. The van der Waals surface area contributed by atoms with Crippen LogP contribution in [-0.2, 0) is 9.53 Å². The van der Waals surface area contributed by atoms with Crippen molar-refractivity contribution < 1.29 is 14.6 Å². The van der Waals surface area contributed by atoms with Gasteiger partial charge in [0.05, 0.1) is 12.7 Å². The summed E-state index contributed by atoms with van der Waals surface area (Å²) in [6.45, 7) is 4.45. The molecule has 0 saturated heterocycles. The molecule has 0 aromatic rings. The summed E-state index contributed by atoms with van der Waals surface area (Å²) in [6.07, 6.45) is 6.40. The smallest absolute Gasteiger partial charge is 0.328 e. The van der Waals surface area contributed by atoms with Gasteiger partial charge in [0.25, 0.3) is 0 Å². The minimum Gasteiger partial charge on any atom is -0.478 e. The molecular formula is C12H20O3.